The van der Waals surface area contributed by atoms with Crippen LogP contribution in [0.25, 0.3) is 22.2 Å². The zero-order valence-electron chi connectivity index (χ0n) is 16.1. The minimum absolute atomic E-state index is 0.100. The van der Waals surface area contributed by atoms with Gasteiger partial charge >= 0.3 is 5.97 Å². The standard InChI is InChI=1S/C21H23NO5/c1-11-6-7-12(2)20-19(11)14(9-18(23)24)21(22-20)13-8-16(26-4)17(27-5)10-15(13)25-3/h6-8,10,22H,9H2,1-5H3,(H,23,24). The molecule has 0 saturated carbocycles. The monoisotopic (exact) mass is 369 g/mol. The number of methoxy groups -OCH3 is 3. The molecule has 2 aromatic carbocycles. The molecular weight excluding hydrogens is 346 g/mol. The van der Waals surface area contributed by atoms with E-state index in [1.165, 1.54) is 0 Å². The summed E-state index contributed by atoms with van der Waals surface area (Å²) in [6, 6.07) is 7.57. The first-order valence-electron chi connectivity index (χ1n) is 8.54. The van der Waals surface area contributed by atoms with Crippen molar-refractivity contribution in [2.45, 2.75) is 20.3 Å². The average Bonchev–Trinajstić information content (AvgIpc) is 3.03. The van der Waals surface area contributed by atoms with Gasteiger partial charge in [0, 0.05) is 22.5 Å². The first-order valence-corrected chi connectivity index (χ1v) is 8.54. The molecule has 0 unspecified atom stereocenters. The van der Waals surface area contributed by atoms with Crippen molar-refractivity contribution in [3.63, 3.8) is 0 Å². The van der Waals surface area contributed by atoms with Crippen molar-refractivity contribution in [1.82, 2.24) is 4.98 Å². The molecule has 0 aliphatic heterocycles. The van der Waals surface area contributed by atoms with Gasteiger partial charge in [-0.25, -0.2) is 0 Å². The number of carboxylic acids is 1. The molecule has 6 heteroatoms. The molecule has 1 heterocycles. The van der Waals surface area contributed by atoms with E-state index >= 15 is 0 Å². The molecule has 0 atom stereocenters. The summed E-state index contributed by atoms with van der Waals surface area (Å²) in [5.74, 6) is 0.765. The normalized spacial score (nSPS) is 10.9. The Morgan fingerprint density at radius 3 is 2.15 bits per heavy atom. The maximum Gasteiger partial charge on any atom is 0.307 e. The number of rotatable bonds is 6. The summed E-state index contributed by atoms with van der Waals surface area (Å²) in [6.07, 6.45) is -0.100. The van der Waals surface area contributed by atoms with Gasteiger partial charge in [-0.15, -0.1) is 0 Å². The van der Waals surface area contributed by atoms with Crippen LogP contribution >= 0.6 is 0 Å². The molecule has 142 valence electrons. The van der Waals surface area contributed by atoms with E-state index in [0.29, 0.717) is 22.9 Å². The van der Waals surface area contributed by atoms with E-state index in [1.54, 1.807) is 33.5 Å². The number of benzene rings is 2. The number of ether oxygens (including phenoxy) is 3. The molecule has 0 radical (unpaired) electrons. The van der Waals surface area contributed by atoms with Crippen LogP contribution in [-0.2, 0) is 11.2 Å². The molecule has 2 N–H and O–H groups in total. The topological polar surface area (TPSA) is 80.8 Å². The quantitative estimate of drug-likeness (QED) is 0.684. The lowest BCUT2D eigenvalue weighted by molar-refractivity contribution is -0.136. The summed E-state index contributed by atoms with van der Waals surface area (Å²) in [7, 11) is 4.69. The second kappa shape index (κ2) is 7.23. The molecule has 0 aliphatic rings. The van der Waals surface area contributed by atoms with Crippen LogP contribution in [0.15, 0.2) is 24.3 Å². The van der Waals surface area contributed by atoms with Gasteiger partial charge < -0.3 is 24.3 Å². The van der Waals surface area contributed by atoms with Crippen molar-refractivity contribution in [2.75, 3.05) is 21.3 Å². The minimum Gasteiger partial charge on any atom is -0.496 e. The molecule has 3 aromatic rings. The highest BCUT2D eigenvalue weighted by atomic mass is 16.5. The summed E-state index contributed by atoms with van der Waals surface area (Å²) in [6.45, 7) is 3.98. The molecule has 0 saturated heterocycles. The zero-order valence-corrected chi connectivity index (χ0v) is 16.1. The fraction of sp³-hybridized carbons (Fsp3) is 0.286. The predicted molar refractivity (Wildman–Crippen MR) is 104 cm³/mol. The van der Waals surface area contributed by atoms with Gasteiger partial charge in [0.1, 0.15) is 5.75 Å². The van der Waals surface area contributed by atoms with Gasteiger partial charge in [-0.05, 0) is 36.6 Å². The van der Waals surface area contributed by atoms with Crippen LogP contribution in [0.5, 0.6) is 17.2 Å². The third-order valence-corrected chi connectivity index (χ3v) is 4.78. The van der Waals surface area contributed by atoms with Crippen LogP contribution in [0.3, 0.4) is 0 Å². The number of hydrogen-bond donors (Lipinski definition) is 2. The van der Waals surface area contributed by atoms with Crippen molar-refractivity contribution < 1.29 is 24.1 Å². The maximum absolute atomic E-state index is 11.6. The SMILES string of the molecule is COc1cc(OC)c(-c2[nH]c3c(C)ccc(C)c3c2CC(=O)O)cc1OC. The molecule has 0 bridgehead atoms. The van der Waals surface area contributed by atoms with Crippen LogP contribution < -0.4 is 14.2 Å². The molecule has 27 heavy (non-hydrogen) atoms. The van der Waals surface area contributed by atoms with Gasteiger partial charge in [-0.2, -0.15) is 0 Å². The van der Waals surface area contributed by atoms with E-state index < -0.39 is 5.97 Å². The number of aryl methyl sites for hydroxylation is 2. The largest absolute Gasteiger partial charge is 0.496 e. The number of aliphatic carboxylic acids is 1. The van der Waals surface area contributed by atoms with Crippen molar-refractivity contribution >= 4 is 16.9 Å². The maximum atomic E-state index is 11.6. The minimum atomic E-state index is -0.891. The van der Waals surface area contributed by atoms with Gasteiger partial charge in [-0.3, -0.25) is 4.79 Å². The van der Waals surface area contributed by atoms with Crippen molar-refractivity contribution in [1.29, 1.82) is 0 Å². The second-order valence-electron chi connectivity index (χ2n) is 6.41. The lowest BCUT2D eigenvalue weighted by atomic mass is 9.98. The van der Waals surface area contributed by atoms with Crippen molar-refractivity contribution in [3.05, 3.63) is 41.0 Å². The van der Waals surface area contributed by atoms with Crippen molar-refractivity contribution in [3.8, 4) is 28.5 Å². The number of aromatic amines is 1. The van der Waals surface area contributed by atoms with E-state index in [2.05, 4.69) is 4.98 Å². The smallest absolute Gasteiger partial charge is 0.307 e. The Hall–Kier alpha value is -3.15. The Bertz CT molecular complexity index is 1020. The van der Waals surface area contributed by atoms with Crippen LogP contribution in [0.1, 0.15) is 16.7 Å². The highest BCUT2D eigenvalue weighted by Crippen LogP contribution is 2.43. The Labute approximate surface area is 157 Å². The summed E-state index contributed by atoms with van der Waals surface area (Å²) in [5, 5.41) is 10.4. The summed E-state index contributed by atoms with van der Waals surface area (Å²) >= 11 is 0. The van der Waals surface area contributed by atoms with Crippen LogP contribution in [0, 0.1) is 13.8 Å². The Kier molecular flexibility index (Phi) is 4.99. The molecule has 0 amide bonds. The van der Waals surface area contributed by atoms with Gasteiger partial charge in [0.15, 0.2) is 11.5 Å². The molecule has 0 spiro atoms. The first-order chi connectivity index (χ1) is 12.9. The number of H-pyrrole nitrogens is 1. The van der Waals surface area contributed by atoms with Gasteiger partial charge in [0.25, 0.3) is 0 Å². The molecule has 0 fully saturated rings. The fourth-order valence-electron chi connectivity index (χ4n) is 3.47. The average molecular weight is 369 g/mol. The van der Waals surface area contributed by atoms with E-state index in [4.69, 9.17) is 14.2 Å². The predicted octanol–water partition coefficient (Wildman–Crippen LogP) is 4.10. The Morgan fingerprint density at radius 1 is 0.963 bits per heavy atom. The van der Waals surface area contributed by atoms with E-state index in [9.17, 15) is 9.90 Å². The highest BCUT2D eigenvalue weighted by molar-refractivity contribution is 5.98. The molecule has 1 aromatic heterocycles. The molecule has 0 aliphatic carbocycles. The van der Waals surface area contributed by atoms with Gasteiger partial charge in [-0.1, -0.05) is 12.1 Å². The van der Waals surface area contributed by atoms with Crippen LogP contribution in [-0.4, -0.2) is 37.4 Å². The zero-order chi connectivity index (χ0) is 19.7. The third kappa shape index (κ3) is 3.18. The summed E-state index contributed by atoms with van der Waals surface area (Å²) in [5.41, 5.74) is 5.16. The van der Waals surface area contributed by atoms with E-state index in [1.807, 2.05) is 26.0 Å². The Morgan fingerprint density at radius 2 is 1.56 bits per heavy atom. The van der Waals surface area contributed by atoms with E-state index in [-0.39, 0.29) is 6.42 Å². The van der Waals surface area contributed by atoms with Crippen LogP contribution in [0.4, 0.5) is 0 Å². The fourth-order valence-corrected chi connectivity index (χ4v) is 3.47. The first kappa shape index (κ1) is 18.6. The highest BCUT2D eigenvalue weighted by Gasteiger charge is 2.22. The molecular formula is C21H23NO5. The number of aromatic nitrogens is 1. The third-order valence-electron chi connectivity index (χ3n) is 4.78. The van der Waals surface area contributed by atoms with Crippen LogP contribution in [0.2, 0.25) is 0 Å². The number of hydrogen-bond acceptors (Lipinski definition) is 4. The van der Waals surface area contributed by atoms with Gasteiger partial charge in [0.2, 0.25) is 0 Å². The number of carboxylic acid groups (broad SMARTS) is 1. The summed E-state index contributed by atoms with van der Waals surface area (Å²) in [4.78, 5) is 15.0. The Balaban J connectivity index is 2.39. The second-order valence-corrected chi connectivity index (χ2v) is 6.41. The lowest BCUT2D eigenvalue weighted by Gasteiger charge is -2.14. The lowest BCUT2D eigenvalue weighted by Crippen LogP contribution is -2.02. The number of fused-ring (bicyclic) bond motifs is 1. The summed E-state index contributed by atoms with van der Waals surface area (Å²) < 4.78 is 16.3. The number of carbonyl (C=O) groups is 1. The molecule has 6 nitrogen and oxygen atoms in total. The molecule has 3 rings (SSSR count). The van der Waals surface area contributed by atoms with E-state index in [0.717, 1.165) is 33.2 Å². The van der Waals surface area contributed by atoms with Gasteiger partial charge in [0.05, 0.1) is 33.4 Å². The van der Waals surface area contributed by atoms with Crippen molar-refractivity contribution in [2.24, 2.45) is 0 Å². The number of nitrogens with one attached hydrogen (secondary N) is 1.